The molecule has 0 atom stereocenters. The Hall–Kier alpha value is -1.24. The summed E-state index contributed by atoms with van der Waals surface area (Å²) in [6, 6.07) is 3.18. The minimum absolute atomic E-state index is 0.284. The molecule has 0 spiro atoms. The quantitative estimate of drug-likeness (QED) is 0.505. The van der Waals surface area contributed by atoms with E-state index in [0.717, 1.165) is 23.9 Å². The van der Waals surface area contributed by atoms with Crippen LogP contribution in [0, 0.1) is 0 Å². The second kappa shape index (κ2) is 5.89. The number of rotatable bonds is 1. The van der Waals surface area contributed by atoms with Gasteiger partial charge in [0, 0.05) is 19.0 Å². The maximum Gasteiger partial charge on any atom is 0.501 e. The predicted octanol–water partition coefficient (Wildman–Crippen LogP) is 3.18. The number of likely N-dealkylation sites (N-methyl/N-ethyl adjacent to an activating group) is 1. The van der Waals surface area contributed by atoms with Crippen molar-refractivity contribution in [1.82, 2.24) is 4.90 Å². The van der Waals surface area contributed by atoms with Gasteiger partial charge < -0.3 is 4.90 Å². The Balaban J connectivity index is 2.06. The van der Waals surface area contributed by atoms with Crippen LogP contribution in [-0.4, -0.2) is 43.1 Å². The third-order valence-corrected chi connectivity index (χ3v) is 7.97. The summed E-state index contributed by atoms with van der Waals surface area (Å²) < 4.78 is 61.8. The van der Waals surface area contributed by atoms with E-state index in [0.29, 0.717) is 19.2 Å². The fraction of sp³-hybridized carbons (Fsp3) is 0.231. The van der Waals surface area contributed by atoms with E-state index in [1.165, 1.54) is 34.7 Å². The van der Waals surface area contributed by atoms with E-state index in [4.69, 9.17) is 12.2 Å². The summed E-state index contributed by atoms with van der Waals surface area (Å²) in [6.07, 6.45) is 0. The Bertz CT molecular complexity index is 940. The molecule has 1 aromatic rings. The third kappa shape index (κ3) is 2.84. The van der Waals surface area contributed by atoms with Crippen molar-refractivity contribution in [3.63, 3.8) is 0 Å². The average molecular weight is 426 g/mol. The molecule has 1 amide bonds. The van der Waals surface area contributed by atoms with Gasteiger partial charge in [-0.25, -0.2) is 8.42 Å². The predicted molar refractivity (Wildman–Crippen MR) is 93.9 cm³/mol. The third-order valence-electron chi connectivity index (χ3n) is 3.57. The molecule has 0 aliphatic carbocycles. The standard InChI is InChI=1S/C13H9F3N2O3S4/c1-17-7-5-6(25(20,21)13(14,15)16)3-4-8(7)23-11(17)9-10(19)18(2)12(22)24-9/h3-5H,1-2H3. The lowest BCUT2D eigenvalue weighted by atomic mass is 10.3. The summed E-state index contributed by atoms with van der Waals surface area (Å²) in [5, 5.41) is 0.498. The first-order valence-corrected chi connectivity index (χ1v) is 10.1. The zero-order chi connectivity index (χ0) is 18.7. The normalized spacial score (nSPS) is 21.3. The number of sulfone groups is 1. The molecule has 0 aromatic heterocycles. The molecule has 2 aliphatic heterocycles. The maximum absolute atomic E-state index is 12.7. The Morgan fingerprint density at radius 3 is 2.28 bits per heavy atom. The number of hydrogen-bond donors (Lipinski definition) is 0. The smallest absolute Gasteiger partial charge is 0.337 e. The second-order valence-electron chi connectivity index (χ2n) is 5.11. The number of alkyl halides is 3. The molecular weight excluding hydrogens is 417 g/mol. The van der Waals surface area contributed by atoms with Crippen molar-refractivity contribution in [1.29, 1.82) is 0 Å². The van der Waals surface area contributed by atoms with Crippen LogP contribution >= 0.6 is 35.7 Å². The number of halogens is 3. The number of nitrogens with zero attached hydrogens (tertiary/aromatic N) is 2. The molecule has 12 heteroatoms. The molecule has 1 saturated heterocycles. The van der Waals surface area contributed by atoms with Crippen LogP contribution in [0.1, 0.15) is 0 Å². The van der Waals surface area contributed by atoms with Crippen molar-refractivity contribution >= 4 is 61.5 Å². The van der Waals surface area contributed by atoms with Crippen LogP contribution in [0.2, 0.25) is 0 Å². The number of thioether (sulfide) groups is 2. The van der Waals surface area contributed by atoms with E-state index in [2.05, 4.69) is 0 Å². The monoisotopic (exact) mass is 426 g/mol. The van der Waals surface area contributed by atoms with Gasteiger partial charge in [-0.3, -0.25) is 9.69 Å². The zero-order valence-corrected chi connectivity index (χ0v) is 15.9. The number of fused-ring (bicyclic) bond motifs is 1. The van der Waals surface area contributed by atoms with Crippen LogP contribution < -0.4 is 4.90 Å². The number of thiocarbonyl (C=S) groups is 1. The van der Waals surface area contributed by atoms with Gasteiger partial charge in [0.25, 0.3) is 15.7 Å². The van der Waals surface area contributed by atoms with E-state index in [-0.39, 0.29) is 11.6 Å². The first kappa shape index (κ1) is 18.5. The molecule has 0 bridgehead atoms. The SMILES string of the molecule is CN1C(=O)C(=C2Sc3ccc(S(=O)(=O)C(F)(F)F)cc3N2C)SC1=S. The van der Waals surface area contributed by atoms with E-state index >= 15 is 0 Å². The number of anilines is 1. The molecule has 0 N–H and O–H groups in total. The molecule has 3 rings (SSSR count). The summed E-state index contributed by atoms with van der Waals surface area (Å²) in [4.78, 5) is 15.1. The second-order valence-corrected chi connectivity index (χ2v) is 9.72. The summed E-state index contributed by atoms with van der Waals surface area (Å²) in [7, 11) is -2.35. The summed E-state index contributed by atoms with van der Waals surface area (Å²) in [6.45, 7) is 0. The average Bonchev–Trinajstić information content (AvgIpc) is 2.98. The number of amides is 1. The molecular formula is C13H9F3N2O3S4. The van der Waals surface area contributed by atoms with Crippen LogP contribution in [-0.2, 0) is 14.6 Å². The fourth-order valence-electron chi connectivity index (χ4n) is 2.20. The topological polar surface area (TPSA) is 57.7 Å². The first-order valence-electron chi connectivity index (χ1n) is 6.56. The van der Waals surface area contributed by atoms with Crippen molar-refractivity contribution in [3.8, 4) is 0 Å². The maximum atomic E-state index is 12.7. The summed E-state index contributed by atoms with van der Waals surface area (Å²) >= 11 is 7.34. The molecule has 0 radical (unpaired) electrons. The van der Waals surface area contributed by atoms with E-state index in [9.17, 15) is 26.4 Å². The van der Waals surface area contributed by atoms with Crippen molar-refractivity contribution in [3.05, 3.63) is 28.1 Å². The Labute approximate surface area is 155 Å². The largest absolute Gasteiger partial charge is 0.501 e. The molecule has 5 nitrogen and oxygen atoms in total. The molecule has 2 aliphatic rings. The molecule has 1 fully saturated rings. The van der Waals surface area contributed by atoms with Gasteiger partial charge in [0.1, 0.15) is 9.23 Å². The lowest BCUT2D eigenvalue weighted by Crippen LogP contribution is -2.24. The molecule has 134 valence electrons. The van der Waals surface area contributed by atoms with Crippen molar-refractivity contribution in [2.24, 2.45) is 0 Å². The highest BCUT2D eigenvalue weighted by molar-refractivity contribution is 8.27. The minimum atomic E-state index is -5.44. The van der Waals surface area contributed by atoms with Gasteiger partial charge in [-0.2, -0.15) is 13.2 Å². The summed E-state index contributed by atoms with van der Waals surface area (Å²) in [5.41, 5.74) is -5.09. The highest BCUT2D eigenvalue weighted by atomic mass is 32.2. The van der Waals surface area contributed by atoms with Gasteiger partial charge in [-0.15, -0.1) is 0 Å². The van der Waals surface area contributed by atoms with E-state index in [1.54, 1.807) is 7.05 Å². The van der Waals surface area contributed by atoms with Gasteiger partial charge in [0.2, 0.25) is 0 Å². The van der Waals surface area contributed by atoms with Crippen molar-refractivity contribution in [2.75, 3.05) is 19.0 Å². The van der Waals surface area contributed by atoms with Gasteiger partial charge in [-0.05, 0) is 18.2 Å². The van der Waals surface area contributed by atoms with Gasteiger partial charge >= 0.3 is 5.51 Å². The Morgan fingerprint density at radius 1 is 1.12 bits per heavy atom. The van der Waals surface area contributed by atoms with Gasteiger partial charge in [0.05, 0.1) is 15.6 Å². The number of carbonyl (C=O) groups is 1. The fourth-order valence-corrected chi connectivity index (χ4v) is 5.46. The van der Waals surface area contributed by atoms with Crippen LogP contribution in [0.15, 0.2) is 37.9 Å². The Kier molecular flexibility index (Phi) is 4.37. The first-order chi connectivity index (χ1) is 11.4. The van der Waals surface area contributed by atoms with Crippen LogP contribution in [0.25, 0.3) is 0 Å². The van der Waals surface area contributed by atoms with Gasteiger partial charge in [0.15, 0.2) is 0 Å². The van der Waals surface area contributed by atoms with Crippen LogP contribution in [0.4, 0.5) is 18.9 Å². The van der Waals surface area contributed by atoms with E-state index < -0.39 is 20.2 Å². The lowest BCUT2D eigenvalue weighted by Gasteiger charge is -2.16. The molecule has 0 unspecified atom stereocenters. The number of carbonyl (C=O) groups excluding carboxylic acids is 1. The van der Waals surface area contributed by atoms with E-state index in [1.807, 2.05) is 0 Å². The zero-order valence-electron chi connectivity index (χ0n) is 12.6. The lowest BCUT2D eigenvalue weighted by molar-refractivity contribution is -0.121. The van der Waals surface area contributed by atoms with Crippen molar-refractivity contribution in [2.45, 2.75) is 15.3 Å². The highest BCUT2D eigenvalue weighted by Gasteiger charge is 2.47. The van der Waals surface area contributed by atoms with Gasteiger partial charge in [-0.1, -0.05) is 35.7 Å². The molecule has 1 aromatic carbocycles. The molecule has 2 heterocycles. The number of benzene rings is 1. The van der Waals surface area contributed by atoms with Crippen molar-refractivity contribution < 1.29 is 26.4 Å². The van der Waals surface area contributed by atoms with Crippen LogP contribution in [0.5, 0.6) is 0 Å². The molecule has 25 heavy (non-hydrogen) atoms. The molecule has 0 saturated carbocycles. The Morgan fingerprint density at radius 2 is 1.76 bits per heavy atom. The highest BCUT2D eigenvalue weighted by Crippen LogP contribution is 2.50. The summed E-state index contributed by atoms with van der Waals surface area (Å²) in [5.74, 6) is -0.305. The van der Waals surface area contributed by atoms with Crippen LogP contribution in [0.3, 0.4) is 0 Å². The number of hydrogen-bond acceptors (Lipinski definition) is 7. The minimum Gasteiger partial charge on any atom is -0.337 e.